The number of rotatable bonds is 4. The quantitative estimate of drug-likeness (QED) is 0.516. The summed E-state index contributed by atoms with van der Waals surface area (Å²) in [7, 11) is 0. The van der Waals surface area contributed by atoms with Gasteiger partial charge in [0, 0.05) is 11.8 Å². The molecule has 0 saturated carbocycles. The van der Waals surface area contributed by atoms with Crippen LogP contribution < -0.4 is 0 Å². The van der Waals surface area contributed by atoms with Crippen molar-refractivity contribution in [2.24, 2.45) is 17.8 Å². The third kappa shape index (κ3) is 3.18. The van der Waals surface area contributed by atoms with E-state index in [2.05, 4.69) is 39.8 Å². The molecule has 0 radical (unpaired) electrons. The molecule has 0 aromatic rings. The Bertz CT molecular complexity index is 577. The number of unbranched alkanes of at least 4 members (excludes halogenated alkanes) is 2. The van der Waals surface area contributed by atoms with Crippen LogP contribution in [0.2, 0.25) is 0 Å². The van der Waals surface area contributed by atoms with Crippen molar-refractivity contribution in [1.29, 1.82) is 0 Å². The van der Waals surface area contributed by atoms with Crippen molar-refractivity contribution in [2.75, 3.05) is 0 Å². The Morgan fingerprint density at radius 3 is 2.78 bits per heavy atom. The molecule has 0 aromatic heterocycles. The first kappa shape index (κ1) is 16.5. The topological polar surface area (TPSA) is 26.3 Å². The van der Waals surface area contributed by atoms with E-state index in [-0.39, 0.29) is 17.3 Å². The van der Waals surface area contributed by atoms with Crippen LogP contribution in [0.3, 0.4) is 0 Å². The van der Waals surface area contributed by atoms with E-state index < -0.39 is 0 Å². The molecule has 3 atom stereocenters. The average molecular weight is 314 g/mol. The van der Waals surface area contributed by atoms with Crippen molar-refractivity contribution in [3.63, 3.8) is 0 Å². The first-order valence-corrected chi connectivity index (χ1v) is 9.24. The van der Waals surface area contributed by atoms with Gasteiger partial charge in [-0.15, -0.1) is 0 Å². The zero-order valence-corrected chi connectivity index (χ0v) is 15.0. The third-order valence-electron chi connectivity index (χ3n) is 5.79. The van der Waals surface area contributed by atoms with E-state index in [1.54, 1.807) is 0 Å². The summed E-state index contributed by atoms with van der Waals surface area (Å²) >= 11 is 0. The van der Waals surface area contributed by atoms with Gasteiger partial charge in [0.1, 0.15) is 11.4 Å². The highest BCUT2D eigenvalue weighted by atomic mass is 16.5. The van der Waals surface area contributed by atoms with Crippen LogP contribution in [0, 0.1) is 17.8 Å². The van der Waals surface area contributed by atoms with Gasteiger partial charge in [0.15, 0.2) is 5.78 Å². The maximum atomic E-state index is 12.8. The Kier molecular flexibility index (Phi) is 4.53. The van der Waals surface area contributed by atoms with Gasteiger partial charge in [-0.3, -0.25) is 4.79 Å². The summed E-state index contributed by atoms with van der Waals surface area (Å²) in [6, 6.07) is 0. The van der Waals surface area contributed by atoms with Crippen molar-refractivity contribution >= 4 is 5.78 Å². The summed E-state index contributed by atoms with van der Waals surface area (Å²) in [6.45, 7) is 8.78. The molecule has 0 amide bonds. The minimum Gasteiger partial charge on any atom is -0.491 e. The summed E-state index contributed by atoms with van der Waals surface area (Å²) in [5.41, 5.74) is 2.39. The molecule has 0 bridgehead atoms. The largest absolute Gasteiger partial charge is 0.491 e. The lowest BCUT2D eigenvalue weighted by Gasteiger charge is -2.50. The second-order valence-electron chi connectivity index (χ2n) is 8.04. The van der Waals surface area contributed by atoms with Crippen LogP contribution >= 0.6 is 0 Å². The van der Waals surface area contributed by atoms with E-state index >= 15 is 0 Å². The zero-order valence-electron chi connectivity index (χ0n) is 15.0. The molecule has 23 heavy (non-hydrogen) atoms. The number of ketones is 1. The highest BCUT2D eigenvalue weighted by molar-refractivity contribution is 5.96. The van der Waals surface area contributed by atoms with Gasteiger partial charge in [0.2, 0.25) is 0 Å². The van der Waals surface area contributed by atoms with Crippen LogP contribution in [0.25, 0.3) is 0 Å². The van der Waals surface area contributed by atoms with E-state index in [0.29, 0.717) is 11.8 Å². The fraction of sp³-hybridized carbons (Fsp3) is 0.667. The van der Waals surface area contributed by atoms with E-state index in [0.717, 1.165) is 37.0 Å². The van der Waals surface area contributed by atoms with Crippen LogP contribution in [0.4, 0.5) is 0 Å². The molecule has 3 unspecified atom stereocenters. The highest BCUT2D eigenvalue weighted by Crippen LogP contribution is 2.50. The van der Waals surface area contributed by atoms with Crippen LogP contribution in [0.1, 0.15) is 66.2 Å². The maximum Gasteiger partial charge on any atom is 0.167 e. The molecule has 1 saturated heterocycles. The van der Waals surface area contributed by atoms with E-state index in [9.17, 15) is 4.79 Å². The molecule has 0 aromatic carbocycles. The average Bonchev–Trinajstić information content (AvgIpc) is 2.46. The molecule has 2 aliphatic carbocycles. The van der Waals surface area contributed by atoms with Gasteiger partial charge in [-0.05, 0) is 64.2 Å². The number of ether oxygens (including phenoxy) is 1. The van der Waals surface area contributed by atoms with Crippen molar-refractivity contribution in [2.45, 2.75) is 71.8 Å². The van der Waals surface area contributed by atoms with Crippen LogP contribution in [-0.4, -0.2) is 11.4 Å². The summed E-state index contributed by atoms with van der Waals surface area (Å²) < 4.78 is 6.36. The fourth-order valence-electron chi connectivity index (χ4n) is 4.55. The van der Waals surface area contributed by atoms with Crippen molar-refractivity contribution in [3.8, 4) is 0 Å². The maximum absolute atomic E-state index is 12.8. The lowest BCUT2D eigenvalue weighted by molar-refractivity contribution is -0.134. The van der Waals surface area contributed by atoms with Crippen molar-refractivity contribution < 1.29 is 9.53 Å². The van der Waals surface area contributed by atoms with E-state index in [4.69, 9.17) is 4.74 Å². The first-order valence-electron chi connectivity index (χ1n) is 9.24. The molecule has 1 aliphatic heterocycles. The molecule has 3 aliphatic rings. The molecular formula is C21H30O2. The van der Waals surface area contributed by atoms with Crippen LogP contribution in [0.15, 0.2) is 35.1 Å². The summed E-state index contributed by atoms with van der Waals surface area (Å²) in [5.74, 6) is 1.83. The number of fused-ring (bicyclic) bond motifs is 3. The Morgan fingerprint density at radius 1 is 1.26 bits per heavy atom. The first-order chi connectivity index (χ1) is 10.9. The fourth-order valence-corrected chi connectivity index (χ4v) is 4.55. The van der Waals surface area contributed by atoms with Gasteiger partial charge in [0.05, 0.1) is 5.92 Å². The van der Waals surface area contributed by atoms with Gasteiger partial charge >= 0.3 is 0 Å². The SMILES string of the molecule is CCCCCC1=CC(=O)C2C(=C1)OC(C)(C)C1CCC(C)=CC21. The zero-order chi connectivity index (χ0) is 16.6. The van der Waals surface area contributed by atoms with E-state index in [1.165, 1.54) is 18.4 Å². The Labute approximate surface area is 140 Å². The van der Waals surface area contributed by atoms with Crippen LogP contribution in [-0.2, 0) is 9.53 Å². The molecule has 126 valence electrons. The normalized spacial score (nSPS) is 32.1. The number of carbonyl (C=O) groups is 1. The summed E-state index contributed by atoms with van der Waals surface area (Å²) in [5, 5.41) is 0. The molecule has 2 nitrogen and oxygen atoms in total. The molecular weight excluding hydrogens is 284 g/mol. The highest BCUT2D eigenvalue weighted by Gasteiger charge is 2.50. The minimum atomic E-state index is -0.184. The monoisotopic (exact) mass is 314 g/mol. The number of hydrogen-bond acceptors (Lipinski definition) is 2. The Morgan fingerprint density at radius 2 is 2.04 bits per heavy atom. The second kappa shape index (κ2) is 6.30. The number of carbonyl (C=O) groups excluding carboxylic acids is 1. The van der Waals surface area contributed by atoms with Crippen molar-refractivity contribution in [1.82, 2.24) is 0 Å². The van der Waals surface area contributed by atoms with Gasteiger partial charge in [0.25, 0.3) is 0 Å². The smallest absolute Gasteiger partial charge is 0.167 e. The second-order valence-corrected chi connectivity index (χ2v) is 8.04. The summed E-state index contributed by atoms with van der Waals surface area (Å²) in [6.07, 6.45) is 13.2. The van der Waals surface area contributed by atoms with Gasteiger partial charge < -0.3 is 4.74 Å². The molecule has 0 N–H and O–H groups in total. The van der Waals surface area contributed by atoms with Gasteiger partial charge in [-0.25, -0.2) is 0 Å². The number of hydrogen-bond donors (Lipinski definition) is 0. The number of allylic oxidation sites excluding steroid dienone is 6. The van der Waals surface area contributed by atoms with Crippen LogP contribution in [0.5, 0.6) is 0 Å². The lowest BCUT2D eigenvalue weighted by Crippen LogP contribution is -2.50. The molecule has 1 heterocycles. The molecule has 2 heteroatoms. The third-order valence-corrected chi connectivity index (χ3v) is 5.79. The molecule has 1 fully saturated rings. The molecule has 3 rings (SSSR count). The molecule has 0 spiro atoms. The van der Waals surface area contributed by atoms with Crippen molar-refractivity contribution in [3.05, 3.63) is 35.1 Å². The minimum absolute atomic E-state index is 0.0850. The van der Waals surface area contributed by atoms with Gasteiger partial charge in [-0.1, -0.05) is 31.4 Å². The van der Waals surface area contributed by atoms with E-state index in [1.807, 2.05) is 6.08 Å². The predicted octanol–water partition coefficient (Wildman–Crippen LogP) is 5.36. The Hall–Kier alpha value is -1.31. The van der Waals surface area contributed by atoms with Gasteiger partial charge in [-0.2, -0.15) is 0 Å². The summed E-state index contributed by atoms with van der Waals surface area (Å²) in [4.78, 5) is 12.8. The lowest BCUT2D eigenvalue weighted by atomic mass is 9.63. The Balaban J connectivity index is 1.88. The standard InChI is InChI=1S/C21H30O2/c1-5-6-7-8-15-12-18(22)20-16-11-14(2)9-10-17(16)21(3,4)23-19(20)13-15/h11-13,16-17,20H,5-10H2,1-4H3. The predicted molar refractivity (Wildman–Crippen MR) is 93.9 cm³/mol.